The summed E-state index contributed by atoms with van der Waals surface area (Å²) in [4.78, 5) is 3.90. The molecule has 7 heteroatoms. The zero-order valence-corrected chi connectivity index (χ0v) is 8.76. The van der Waals surface area contributed by atoms with Crippen molar-refractivity contribution in [3.05, 3.63) is 23.4 Å². The Morgan fingerprint density at radius 1 is 1.38 bits per heavy atom. The fourth-order valence-corrected chi connectivity index (χ4v) is 1.60. The molecule has 0 atom stereocenters. The molecule has 86 valence electrons. The predicted molar refractivity (Wildman–Crippen MR) is 54.7 cm³/mol. The average Bonchev–Trinajstić information content (AvgIpc) is 2.66. The smallest absolute Gasteiger partial charge is 0.246 e. The standard InChI is InChI=1S/C9H7ClF3N3/c10-6-2-1-4-14-8(6)16-5-3-7(15-16)9(11,12)13/h1-2,4H,3,5H2. The number of pyridine rings is 1. The molecule has 2 heterocycles. The summed E-state index contributed by atoms with van der Waals surface area (Å²) in [5.74, 6) is 0.253. The van der Waals surface area contributed by atoms with Crippen LogP contribution in [0.5, 0.6) is 0 Å². The Kier molecular flexibility index (Phi) is 2.75. The topological polar surface area (TPSA) is 28.5 Å². The average molecular weight is 250 g/mol. The Morgan fingerprint density at radius 2 is 2.12 bits per heavy atom. The molecule has 0 saturated carbocycles. The highest BCUT2D eigenvalue weighted by atomic mass is 35.5. The molecule has 0 unspecified atom stereocenters. The van der Waals surface area contributed by atoms with Crippen LogP contribution >= 0.6 is 11.6 Å². The van der Waals surface area contributed by atoms with Crippen molar-refractivity contribution < 1.29 is 13.2 Å². The van der Waals surface area contributed by atoms with Crippen LogP contribution in [0.3, 0.4) is 0 Å². The summed E-state index contributed by atoms with van der Waals surface area (Å²) in [7, 11) is 0. The van der Waals surface area contributed by atoms with Gasteiger partial charge in [-0.15, -0.1) is 0 Å². The van der Waals surface area contributed by atoms with Crippen LogP contribution in [0.25, 0.3) is 0 Å². The van der Waals surface area contributed by atoms with Crippen molar-refractivity contribution in [1.82, 2.24) is 4.98 Å². The third-order valence-electron chi connectivity index (χ3n) is 2.11. The summed E-state index contributed by atoms with van der Waals surface area (Å²) < 4.78 is 37.0. The lowest BCUT2D eigenvalue weighted by Crippen LogP contribution is -2.20. The van der Waals surface area contributed by atoms with Crippen LogP contribution in [0.2, 0.25) is 5.02 Å². The molecular formula is C9H7ClF3N3. The second-order valence-corrected chi connectivity index (χ2v) is 3.63. The van der Waals surface area contributed by atoms with Gasteiger partial charge in [0.2, 0.25) is 0 Å². The Balaban J connectivity index is 2.27. The van der Waals surface area contributed by atoms with Crippen LogP contribution in [0.1, 0.15) is 6.42 Å². The lowest BCUT2D eigenvalue weighted by atomic mass is 10.3. The molecule has 0 bridgehead atoms. The molecule has 16 heavy (non-hydrogen) atoms. The number of hydrogen-bond donors (Lipinski definition) is 0. The number of alkyl halides is 3. The van der Waals surface area contributed by atoms with E-state index in [1.807, 2.05) is 0 Å². The lowest BCUT2D eigenvalue weighted by Gasteiger charge is -2.12. The second-order valence-electron chi connectivity index (χ2n) is 3.23. The van der Waals surface area contributed by atoms with Crippen molar-refractivity contribution in [2.45, 2.75) is 12.6 Å². The number of hydrazone groups is 1. The zero-order chi connectivity index (χ0) is 11.8. The van der Waals surface area contributed by atoms with Gasteiger partial charge in [0.1, 0.15) is 5.71 Å². The van der Waals surface area contributed by atoms with Gasteiger partial charge in [0.15, 0.2) is 5.82 Å². The van der Waals surface area contributed by atoms with Crippen molar-refractivity contribution in [1.29, 1.82) is 0 Å². The van der Waals surface area contributed by atoms with Gasteiger partial charge in [-0.25, -0.2) is 9.99 Å². The first-order valence-corrected chi connectivity index (χ1v) is 4.89. The maximum atomic E-state index is 12.3. The van der Waals surface area contributed by atoms with Gasteiger partial charge < -0.3 is 0 Å². The third-order valence-corrected chi connectivity index (χ3v) is 2.41. The maximum Gasteiger partial charge on any atom is 0.431 e. The summed E-state index contributed by atoms with van der Waals surface area (Å²) in [5.41, 5.74) is -0.797. The largest absolute Gasteiger partial charge is 0.431 e. The van der Waals surface area contributed by atoms with E-state index in [1.165, 1.54) is 11.2 Å². The van der Waals surface area contributed by atoms with Gasteiger partial charge in [-0.05, 0) is 12.1 Å². The van der Waals surface area contributed by atoms with Gasteiger partial charge in [-0.1, -0.05) is 11.6 Å². The second kappa shape index (κ2) is 3.93. The Bertz CT molecular complexity index is 430. The highest BCUT2D eigenvalue weighted by molar-refractivity contribution is 6.32. The first-order chi connectivity index (χ1) is 7.48. The van der Waals surface area contributed by atoms with Crippen molar-refractivity contribution in [2.75, 3.05) is 11.6 Å². The Morgan fingerprint density at radius 3 is 2.69 bits per heavy atom. The lowest BCUT2D eigenvalue weighted by molar-refractivity contribution is -0.0598. The van der Waals surface area contributed by atoms with Gasteiger partial charge in [0.05, 0.1) is 5.02 Å². The molecule has 0 fully saturated rings. The summed E-state index contributed by atoms with van der Waals surface area (Å²) in [5, 5.41) is 4.93. The number of hydrogen-bond acceptors (Lipinski definition) is 3. The predicted octanol–water partition coefficient (Wildman–Crippen LogP) is 2.86. The quantitative estimate of drug-likeness (QED) is 0.766. The van der Waals surface area contributed by atoms with Crippen LogP contribution in [-0.4, -0.2) is 23.4 Å². The number of nitrogens with zero attached hydrogens (tertiary/aromatic N) is 3. The molecule has 0 N–H and O–H groups in total. The molecule has 1 aliphatic heterocycles. The van der Waals surface area contributed by atoms with E-state index in [0.29, 0.717) is 0 Å². The molecular weight excluding hydrogens is 243 g/mol. The van der Waals surface area contributed by atoms with E-state index in [2.05, 4.69) is 10.1 Å². The van der Waals surface area contributed by atoms with Gasteiger partial charge in [0, 0.05) is 19.2 Å². The molecule has 0 amide bonds. The maximum absolute atomic E-state index is 12.3. The van der Waals surface area contributed by atoms with E-state index >= 15 is 0 Å². The monoisotopic (exact) mass is 249 g/mol. The SMILES string of the molecule is FC(F)(F)C1=NN(c2ncccc2Cl)CC1. The van der Waals surface area contributed by atoms with Gasteiger partial charge >= 0.3 is 6.18 Å². The third kappa shape index (κ3) is 2.11. The molecule has 0 aliphatic carbocycles. The minimum atomic E-state index is -4.38. The summed E-state index contributed by atoms with van der Waals surface area (Å²) in [6.07, 6.45) is -3.06. The van der Waals surface area contributed by atoms with E-state index in [0.717, 1.165) is 0 Å². The molecule has 0 saturated heterocycles. The fourth-order valence-electron chi connectivity index (χ4n) is 1.38. The van der Waals surface area contributed by atoms with E-state index in [-0.39, 0.29) is 23.8 Å². The molecule has 0 aromatic carbocycles. The number of halogens is 4. The summed E-state index contributed by atoms with van der Waals surface area (Å²) in [6.45, 7) is 0.144. The molecule has 3 nitrogen and oxygen atoms in total. The van der Waals surface area contributed by atoms with Crippen LogP contribution < -0.4 is 5.01 Å². The van der Waals surface area contributed by atoms with Crippen molar-refractivity contribution in [3.63, 3.8) is 0 Å². The highest BCUT2D eigenvalue weighted by Crippen LogP contribution is 2.29. The summed E-state index contributed by atoms with van der Waals surface area (Å²) in [6, 6.07) is 3.17. The molecule has 0 radical (unpaired) electrons. The number of aromatic nitrogens is 1. The van der Waals surface area contributed by atoms with Crippen molar-refractivity contribution in [2.24, 2.45) is 5.10 Å². The van der Waals surface area contributed by atoms with Crippen LogP contribution in [0.4, 0.5) is 19.0 Å². The van der Waals surface area contributed by atoms with E-state index in [4.69, 9.17) is 11.6 Å². The normalized spacial score (nSPS) is 16.5. The van der Waals surface area contributed by atoms with Crippen LogP contribution in [-0.2, 0) is 0 Å². The molecule has 1 aromatic heterocycles. The zero-order valence-electron chi connectivity index (χ0n) is 8.00. The minimum Gasteiger partial charge on any atom is -0.246 e. The van der Waals surface area contributed by atoms with E-state index < -0.39 is 11.9 Å². The minimum absolute atomic E-state index is 0.142. The van der Waals surface area contributed by atoms with Crippen molar-refractivity contribution >= 4 is 23.1 Å². The van der Waals surface area contributed by atoms with Gasteiger partial charge in [-0.3, -0.25) is 0 Å². The number of anilines is 1. The van der Waals surface area contributed by atoms with Gasteiger partial charge in [0.25, 0.3) is 0 Å². The molecule has 2 rings (SSSR count). The fraction of sp³-hybridized carbons (Fsp3) is 0.333. The van der Waals surface area contributed by atoms with Crippen molar-refractivity contribution in [3.8, 4) is 0 Å². The molecule has 0 spiro atoms. The highest BCUT2D eigenvalue weighted by Gasteiger charge is 2.39. The Labute approximate surface area is 94.5 Å². The van der Waals surface area contributed by atoms with Gasteiger partial charge in [-0.2, -0.15) is 18.3 Å². The first-order valence-electron chi connectivity index (χ1n) is 4.51. The molecule has 1 aliphatic rings. The van der Waals surface area contributed by atoms with Crippen LogP contribution in [0.15, 0.2) is 23.4 Å². The summed E-state index contributed by atoms with van der Waals surface area (Å²) >= 11 is 5.81. The van der Waals surface area contributed by atoms with Crippen LogP contribution in [0, 0.1) is 0 Å². The van der Waals surface area contributed by atoms with E-state index in [1.54, 1.807) is 12.1 Å². The number of rotatable bonds is 1. The molecule has 1 aromatic rings. The first kappa shape index (κ1) is 11.2. The van der Waals surface area contributed by atoms with E-state index in [9.17, 15) is 13.2 Å². The Hall–Kier alpha value is -1.30.